The molecule has 2 fully saturated rings. The molecule has 1 amide bonds. The Balaban J connectivity index is 1.83. The fourth-order valence-corrected chi connectivity index (χ4v) is 3.94. The van der Waals surface area contributed by atoms with E-state index < -0.39 is 11.9 Å². The summed E-state index contributed by atoms with van der Waals surface area (Å²) in [6.45, 7) is 2.69. The molecule has 0 unspecified atom stereocenters. The maximum absolute atomic E-state index is 13.1. The Morgan fingerprint density at radius 1 is 1.22 bits per heavy atom. The van der Waals surface area contributed by atoms with Gasteiger partial charge < -0.3 is 10.0 Å². The number of halogens is 1. The molecule has 2 saturated heterocycles. The third-order valence-corrected chi connectivity index (χ3v) is 5.25. The van der Waals surface area contributed by atoms with Crippen LogP contribution in [0.2, 0.25) is 0 Å². The van der Waals surface area contributed by atoms with Gasteiger partial charge in [0.25, 0.3) is 0 Å². The number of carbonyl (C=O) groups excluding carboxylic acids is 1. The quantitative estimate of drug-likeness (QED) is 0.871. The second-order valence-electron chi connectivity index (χ2n) is 6.31. The van der Waals surface area contributed by atoms with Crippen molar-refractivity contribution < 1.29 is 14.7 Å². The van der Waals surface area contributed by atoms with Crippen molar-refractivity contribution in [3.05, 3.63) is 34.3 Å². The molecule has 0 spiro atoms. The van der Waals surface area contributed by atoms with Crippen LogP contribution in [0.25, 0.3) is 0 Å². The first kappa shape index (κ1) is 16.5. The molecule has 1 aromatic carbocycles. The van der Waals surface area contributed by atoms with E-state index in [0.29, 0.717) is 19.5 Å². The van der Waals surface area contributed by atoms with Crippen molar-refractivity contribution in [3.8, 4) is 0 Å². The van der Waals surface area contributed by atoms with Crippen molar-refractivity contribution in [1.82, 2.24) is 9.80 Å². The normalized spacial score (nSPS) is 23.2. The second kappa shape index (κ2) is 7.01. The zero-order chi connectivity index (χ0) is 16.4. The van der Waals surface area contributed by atoms with Crippen LogP contribution in [-0.4, -0.2) is 53.0 Å². The predicted octanol–water partition coefficient (Wildman–Crippen LogP) is 2.52. The molecule has 3 rings (SSSR count). The molecule has 0 radical (unpaired) electrons. The van der Waals surface area contributed by atoms with Crippen LogP contribution in [0, 0.1) is 5.92 Å². The number of benzene rings is 1. The van der Waals surface area contributed by atoms with Crippen LogP contribution in [0.4, 0.5) is 0 Å². The Morgan fingerprint density at radius 2 is 1.96 bits per heavy atom. The fourth-order valence-electron chi connectivity index (χ4n) is 3.52. The summed E-state index contributed by atoms with van der Waals surface area (Å²) in [6.07, 6.45) is 2.76. The fraction of sp³-hybridized carbons (Fsp3) is 0.529. The largest absolute Gasteiger partial charge is 0.481 e. The van der Waals surface area contributed by atoms with E-state index in [1.807, 2.05) is 24.3 Å². The van der Waals surface area contributed by atoms with Crippen molar-refractivity contribution in [1.29, 1.82) is 0 Å². The van der Waals surface area contributed by atoms with Crippen LogP contribution in [-0.2, 0) is 9.59 Å². The van der Waals surface area contributed by atoms with E-state index in [1.165, 1.54) is 0 Å². The number of rotatable bonds is 4. The number of carboxylic acid groups (broad SMARTS) is 1. The lowest BCUT2D eigenvalue weighted by atomic mass is 10.0. The van der Waals surface area contributed by atoms with Gasteiger partial charge in [0.1, 0.15) is 6.04 Å². The van der Waals surface area contributed by atoms with E-state index in [9.17, 15) is 9.59 Å². The molecule has 5 nitrogen and oxygen atoms in total. The molecule has 1 N–H and O–H groups in total. The second-order valence-corrected chi connectivity index (χ2v) is 7.22. The molecule has 2 heterocycles. The highest BCUT2D eigenvalue weighted by Gasteiger charge is 2.37. The van der Waals surface area contributed by atoms with Gasteiger partial charge in [-0.05, 0) is 50.0 Å². The Morgan fingerprint density at radius 3 is 2.57 bits per heavy atom. The molecule has 0 bridgehead atoms. The molecule has 2 aliphatic rings. The Kier molecular flexibility index (Phi) is 5.02. The van der Waals surface area contributed by atoms with Crippen molar-refractivity contribution >= 4 is 27.8 Å². The molecule has 6 heteroatoms. The van der Waals surface area contributed by atoms with Crippen LogP contribution >= 0.6 is 15.9 Å². The van der Waals surface area contributed by atoms with E-state index in [0.717, 1.165) is 36.0 Å². The SMILES string of the molecule is O=C(O)[C@H]1CCN(C(=O)[C@H](c2cccc(Br)c2)N2CCCC2)C1. The van der Waals surface area contributed by atoms with Crippen LogP contribution < -0.4 is 0 Å². The number of carboxylic acids is 1. The van der Waals surface area contributed by atoms with Crippen molar-refractivity contribution in [3.63, 3.8) is 0 Å². The first-order valence-corrected chi connectivity index (χ1v) is 8.86. The first-order valence-electron chi connectivity index (χ1n) is 8.07. The van der Waals surface area contributed by atoms with Crippen LogP contribution in [0.5, 0.6) is 0 Å². The van der Waals surface area contributed by atoms with Gasteiger partial charge in [-0.2, -0.15) is 0 Å². The summed E-state index contributed by atoms with van der Waals surface area (Å²) >= 11 is 3.48. The molecule has 23 heavy (non-hydrogen) atoms. The number of likely N-dealkylation sites (tertiary alicyclic amines) is 2. The van der Waals surface area contributed by atoms with Crippen LogP contribution in [0.15, 0.2) is 28.7 Å². The number of nitrogens with zero attached hydrogens (tertiary/aromatic N) is 2. The van der Waals surface area contributed by atoms with Gasteiger partial charge in [-0.15, -0.1) is 0 Å². The van der Waals surface area contributed by atoms with Gasteiger partial charge in [-0.3, -0.25) is 14.5 Å². The van der Waals surface area contributed by atoms with Crippen molar-refractivity contribution in [2.24, 2.45) is 5.92 Å². The number of carbonyl (C=O) groups is 2. The first-order chi connectivity index (χ1) is 11.1. The molecule has 2 atom stereocenters. The van der Waals surface area contributed by atoms with Gasteiger partial charge in [-0.1, -0.05) is 28.1 Å². The van der Waals surface area contributed by atoms with E-state index in [4.69, 9.17) is 5.11 Å². The highest BCUT2D eigenvalue weighted by molar-refractivity contribution is 9.10. The number of hydrogen-bond acceptors (Lipinski definition) is 3. The molecular formula is C17H21BrN2O3. The molecule has 0 aliphatic carbocycles. The van der Waals surface area contributed by atoms with Gasteiger partial charge in [0.2, 0.25) is 5.91 Å². The summed E-state index contributed by atoms with van der Waals surface area (Å²) in [4.78, 5) is 28.2. The van der Waals surface area contributed by atoms with Gasteiger partial charge in [0.15, 0.2) is 0 Å². The van der Waals surface area contributed by atoms with Gasteiger partial charge in [0, 0.05) is 17.6 Å². The summed E-state index contributed by atoms with van der Waals surface area (Å²) in [7, 11) is 0. The van der Waals surface area contributed by atoms with E-state index in [-0.39, 0.29) is 11.9 Å². The number of hydrogen-bond donors (Lipinski definition) is 1. The number of amides is 1. The zero-order valence-corrected chi connectivity index (χ0v) is 14.5. The van der Waals surface area contributed by atoms with E-state index in [1.54, 1.807) is 4.90 Å². The van der Waals surface area contributed by atoms with Gasteiger partial charge in [-0.25, -0.2) is 0 Å². The minimum atomic E-state index is -0.805. The average molecular weight is 381 g/mol. The summed E-state index contributed by atoms with van der Waals surface area (Å²) in [5.74, 6) is -1.20. The Hall–Kier alpha value is -1.40. The molecule has 124 valence electrons. The standard InChI is InChI=1S/C17H21BrN2O3/c18-14-5-3-4-12(10-14)15(19-7-1-2-8-19)16(21)20-9-6-13(11-20)17(22)23/h3-5,10,13,15H,1-2,6-9,11H2,(H,22,23)/t13-,15-/m0/s1. The summed E-state index contributed by atoms with van der Waals surface area (Å²) in [5.41, 5.74) is 0.977. The molecule has 1 aromatic rings. The predicted molar refractivity (Wildman–Crippen MR) is 90.0 cm³/mol. The van der Waals surface area contributed by atoms with E-state index in [2.05, 4.69) is 20.8 Å². The lowest BCUT2D eigenvalue weighted by Crippen LogP contribution is -2.41. The topological polar surface area (TPSA) is 60.9 Å². The third kappa shape index (κ3) is 3.58. The lowest BCUT2D eigenvalue weighted by Gasteiger charge is -2.30. The highest BCUT2D eigenvalue weighted by Crippen LogP contribution is 2.30. The molecular weight excluding hydrogens is 360 g/mol. The third-order valence-electron chi connectivity index (χ3n) is 4.75. The van der Waals surface area contributed by atoms with Crippen LogP contribution in [0.3, 0.4) is 0 Å². The summed E-state index contributed by atoms with van der Waals surface area (Å²) in [6, 6.07) is 7.57. The Bertz CT molecular complexity index is 601. The van der Waals surface area contributed by atoms with Gasteiger partial charge in [0.05, 0.1) is 5.92 Å². The number of aliphatic carboxylic acids is 1. The molecule has 2 aliphatic heterocycles. The minimum Gasteiger partial charge on any atom is -0.481 e. The van der Waals surface area contributed by atoms with Crippen LogP contribution in [0.1, 0.15) is 30.9 Å². The smallest absolute Gasteiger partial charge is 0.308 e. The lowest BCUT2D eigenvalue weighted by molar-refractivity contribution is -0.141. The van der Waals surface area contributed by atoms with Crippen molar-refractivity contribution in [2.45, 2.75) is 25.3 Å². The monoisotopic (exact) mass is 380 g/mol. The summed E-state index contributed by atoms with van der Waals surface area (Å²) in [5, 5.41) is 9.16. The van der Waals surface area contributed by atoms with Gasteiger partial charge >= 0.3 is 5.97 Å². The molecule has 0 aromatic heterocycles. The average Bonchev–Trinajstić information content (AvgIpc) is 3.19. The van der Waals surface area contributed by atoms with E-state index >= 15 is 0 Å². The zero-order valence-electron chi connectivity index (χ0n) is 12.9. The van der Waals surface area contributed by atoms with Crippen molar-refractivity contribution in [2.75, 3.05) is 26.2 Å². The maximum atomic E-state index is 13.1. The maximum Gasteiger partial charge on any atom is 0.308 e. The minimum absolute atomic E-state index is 0.0359. The highest BCUT2D eigenvalue weighted by atomic mass is 79.9. The molecule has 0 saturated carbocycles. The Labute approximate surface area is 144 Å². The summed E-state index contributed by atoms with van der Waals surface area (Å²) < 4.78 is 0.955.